The molecule has 3 N–H and O–H groups in total. The molecule has 0 aliphatic heterocycles. The van der Waals surface area contributed by atoms with E-state index in [1.165, 1.54) is 18.2 Å². The normalized spacial score (nSPS) is 11.0. The monoisotopic (exact) mass is 382 g/mol. The lowest BCUT2D eigenvalue weighted by Gasteiger charge is -2.09. The van der Waals surface area contributed by atoms with Crippen LogP contribution >= 0.6 is 0 Å². The molecule has 138 valence electrons. The van der Waals surface area contributed by atoms with Crippen molar-refractivity contribution in [3.8, 4) is 5.75 Å². The third kappa shape index (κ3) is 5.16. The summed E-state index contributed by atoms with van der Waals surface area (Å²) in [5.74, 6) is 0.280. The minimum atomic E-state index is -3.83. The third-order valence-corrected chi connectivity index (χ3v) is 4.70. The lowest BCUT2D eigenvalue weighted by Crippen LogP contribution is -2.14. The Morgan fingerprint density at radius 2 is 1.63 bits per heavy atom. The molecule has 0 heterocycles. The molecular formula is C20H18N2O4S. The molecule has 3 aromatic carbocycles. The van der Waals surface area contributed by atoms with Crippen molar-refractivity contribution in [1.82, 2.24) is 0 Å². The van der Waals surface area contributed by atoms with Crippen molar-refractivity contribution in [2.24, 2.45) is 5.14 Å². The molecular weight excluding hydrogens is 364 g/mol. The molecule has 7 heteroatoms. The van der Waals surface area contributed by atoms with Crippen LogP contribution in [0, 0.1) is 0 Å². The minimum Gasteiger partial charge on any atom is -0.489 e. The highest BCUT2D eigenvalue weighted by Gasteiger charge is 2.11. The van der Waals surface area contributed by atoms with Crippen molar-refractivity contribution in [2.75, 3.05) is 5.32 Å². The Bertz CT molecular complexity index is 1030. The fraction of sp³-hybridized carbons (Fsp3) is 0.0500. The standard InChI is InChI=1S/C20H18N2O4S/c21-27(24,25)19-8-4-7-17(13-19)22-20(23)16-9-11-18(12-10-16)26-14-15-5-2-1-3-6-15/h1-13H,14H2,(H,22,23)(H2,21,24,25). The summed E-state index contributed by atoms with van der Waals surface area (Å²) in [4.78, 5) is 12.3. The predicted octanol–water partition coefficient (Wildman–Crippen LogP) is 3.17. The van der Waals surface area contributed by atoms with Crippen LogP contribution < -0.4 is 15.2 Å². The van der Waals surface area contributed by atoms with Crippen LogP contribution in [0.3, 0.4) is 0 Å². The smallest absolute Gasteiger partial charge is 0.255 e. The van der Waals surface area contributed by atoms with Gasteiger partial charge in [0.2, 0.25) is 10.0 Å². The molecule has 27 heavy (non-hydrogen) atoms. The number of ether oxygens (including phenoxy) is 1. The average Bonchev–Trinajstić information content (AvgIpc) is 2.67. The van der Waals surface area contributed by atoms with Crippen LogP contribution in [0.5, 0.6) is 5.75 Å². The van der Waals surface area contributed by atoms with Gasteiger partial charge in [0.15, 0.2) is 0 Å². The van der Waals surface area contributed by atoms with Gasteiger partial charge in [0.25, 0.3) is 5.91 Å². The second kappa shape index (κ2) is 8.03. The zero-order valence-electron chi connectivity index (χ0n) is 14.3. The van der Waals surface area contributed by atoms with Crippen molar-refractivity contribution < 1.29 is 17.9 Å². The third-order valence-electron chi connectivity index (χ3n) is 3.79. The highest BCUT2D eigenvalue weighted by atomic mass is 32.2. The van der Waals surface area contributed by atoms with Gasteiger partial charge in [-0.25, -0.2) is 13.6 Å². The van der Waals surface area contributed by atoms with E-state index in [0.717, 1.165) is 5.56 Å². The topological polar surface area (TPSA) is 98.5 Å². The number of nitrogens with one attached hydrogen (secondary N) is 1. The first kappa shape index (κ1) is 18.6. The van der Waals surface area contributed by atoms with Crippen molar-refractivity contribution in [1.29, 1.82) is 0 Å². The van der Waals surface area contributed by atoms with E-state index in [1.54, 1.807) is 30.3 Å². The van der Waals surface area contributed by atoms with Crippen molar-refractivity contribution in [3.63, 3.8) is 0 Å². The zero-order valence-corrected chi connectivity index (χ0v) is 15.1. The van der Waals surface area contributed by atoms with Gasteiger partial charge in [0.1, 0.15) is 12.4 Å². The molecule has 0 aliphatic rings. The molecule has 0 fully saturated rings. The number of amides is 1. The second-order valence-corrected chi connectivity index (χ2v) is 7.39. The number of sulfonamides is 1. The molecule has 3 rings (SSSR count). The number of hydrogen-bond donors (Lipinski definition) is 2. The van der Waals surface area contributed by atoms with E-state index in [0.29, 0.717) is 23.6 Å². The summed E-state index contributed by atoms with van der Waals surface area (Å²) in [6, 6.07) is 22.2. The summed E-state index contributed by atoms with van der Waals surface area (Å²) in [7, 11) is -3.83. The van der Waals surface area contributed by atoms with Crippen molar-refractivity contribution in [2.45, 2.75) is 11.5 Å². The molecule has 0 bridgehead atoms. The van der Waals surface area contributed by atoms with Crippen LogP contribution in [-0.4, -0.2) is 14.3 Å². The molecule has 0 atom stereocenters. The number of carbonyl (C=O) groups excluding carboxylic acids is 1. The maximum absolute atomic E-state index is 12.3. The number of anilines is 1. The summed E-state index contributed by atoms with van der Waals surface area (Å²) in [5, 5.41) is 7.75. The second-order valence-electron chi connectivity index (χ2n) is 5.83. The number of benzene rings is 3. The van der Waals surface area contributed by atoms with E-state index < -0.39 is 10.0 Å². The van der Waals surface area contributed by atoms with Gasteiger partial charge in [0.05, 0.1) is 4.90 Å². The quantitative estimate of drug-likeness (QED) is 0.684. The maximum atomic E-state index is 12.3. The van der Waals surface area contributed by atoms with E-state index in [1.807, 2.05) is 30.3 Å². The van der Waals surface area contributed by atoms with Gasteiger partial charge in [-0.15, -0.1) is 0 Å². The summed E-state index contributed by atoms with van der Waals surface area (Å²) in [6.45, 7) is 0.437. The van der Waals surface area contributed by atoms with E-state index in [4.69, 9.17) is 9.88 Å². The van der Waals surface area contributed by atoms with Gasteiger partial charge in [-0.3, -0.25) is 4.79 Å². The van der Waals surface area contributed by atoms with Crippen LogP contribution in [0.2, 0.25) is 0 Å². The minimum absolute atomic E-state index is 0.0649. The van der Waals surface area contributed by atoms with E-state index >= 15 is 0 Å². The number of rotatable bonds is 6. The summed E-state index contributed by atoms with van der Waals surface area (Å²) >= 11 is 0. The molecule has 0 unspecified atom stereocenters. The van der Waals surface area contributed by atoms with Gasteiger partial charge < -0.3 is 10.1 Å². The van der Waals surface area contributed by atoms with Crippen LogP contribution in [0.4, 0.5) is 5.69 Å². The first-order valence-electron chi connectivity index (χ1n) is 8.13. The van der Waals surface area contributed by atoms with Crippen LogP contribution in [0.1, 0.15) is 15.9 Å². The van der Waals surface area contributed by atoms with Crippen molar-refractivity contribution in [3.05, 3.63) is 90.0 Å². The van der Waals surface area contributed by atoms with Gasteiger partial charge in [-0.1, -0.05) is 36.4 Å². The predicted molar refractivity (Wildman–Crippen MR) is 103 cm³/mol. The Kier molecular flexibility index (Phi) is 5.54. The highest BCUT2D eigenvalue weighted by Crippen LogP contribution is 2.17. The van der Waals surface area contributed by atoms with Gasteiger partial charge >= 0.3 is 0 Å². The largest absolute Gasteiger partial charge is 0.489 e. The number of hydrogen-bond acceptors (Lipinski definition) is 4. The van der Waals surface area contributed by atoms with Crippen LogP contribution in [0.25, 0.3) is 0 Å². The van der Waals surface area contributed by atoms with E-state index in [9.17, 15) is 13.2 Å². The van der Waals surface area contributed by atoms with Crippen LogP contribution in [0.15, 0.2) is 83.8 Å². The summed E-state index contributed by atoms with van der Waals surface area (Å²) in [6.07, 6.45) is 0. The molecule has 1 amide bonds. The molecule has 3 aromatic rings. The molecule has 0 saturated heterocycles. The molecule has 0 spiro atoms. The highest BCUT2D eigenvalue weighted by molar-refractivity contribution is 7.89. The average molecular weight is 382 g/mol. The summed E-state index contributed by atoms with van der Waals surface area (Å²) < 4.78 is 28.5. The van der Waals surface area contributed by atoms with E-state index in [-0.39, 0.29) is 10.8 Å². The van der Waals surface area contributed by atoms with Gasteiger partial charge in [-0.05, 0) is 48.0 Å². The Hall–Kier alpha value is -3.16. The fourth-order valence-corrected chi connectivity index (χ4v) is 2.96. The first-order chi connectivity index (χ1) is 12.9. The van der Waals surface area contributed by atoms with Gasteiger partial charge in [0, 0.05) is 11.3 Å². The molecule has 0 saturated carbocycles. The Balaban J connectivity index is 1.64. The first-order valence-corrected chi connectivity index (χ1v) is 9.67. The molecule has 0 radical (unpaired) electrons. The lowest BCUT2D eigenvalue weighted by atomic mass is 10.2. The number of nitrogens with two attached hydrogens (primary N) is 1. The molecule has 0 aromatic heterocycles. The SMILES string of the molecule is NS(=O)(=O)c1cccc(NC(=O)c2ccc(OCc3ccccc3)cc2)c1. The summed E-state index contributed by atoms with van der Waals surface area (Å²) in [5.41, 5.74) is 1.81. The Morgan fingerprint density at radius 3 is 2.30 bits per heavy atom. The number of carbonyl (C=O) groups is 1. The fourth-order valence-electron chi connectivity index (χ4n) is 2.40. The van der Waals surface area contributed by atoms with Gasteiger partial charge in [-0.2, -0.15) is 0 Å². The van der Waals surface area contributed by atoms with E-state index in [2.05, 4.69) is 5.32 Å². The van der Waals surface area contributed by atoms with Crippen LogP contribution in [-0.2, 0) is 16.6 Å². The lowest BCUT2D eigenvalue weighted by molar-refractivity contribution is 0.102. The van der Waals surface area contributed by atoms with Crippen molar-refractivity contribution >= 4 is 21.6 Å². The Labute approximate surface area is 157 Å². The molecule has 0 aliphatic carbocycles. The Morgan fingerprint density at radius 1 is 0.926 bits per heavy atom. The maximum Gasteiger partial charge on any atom is 0.255 e. The molecule has 6 nitrogen and oxygen atoms in total. The number of primary sulfonamides is 1. The zero-order chi connectivity index (χ0) is 19.3.